The van der Waals surface area contributed by atoms with Gasteiger partial charge in [0.05, 0.1) is 18.7 Å². The lowest BCUT2D eigenvalue weighted by Crippen LogP contribution is -2.37. The first-order valence-electron chi connectivity index (χ1n) is 11.5. The molecule has 2 unspecified atom stereocenters. The molecule has 2 atom stereocenters. The average Bonchev–Trinajstić information content (AvgIpc) is 3.12. The van der Waals surface area contributed by atoms with Gasteiger partial charge in [-0.3, -0.25) is 9.80 Å². The van der Waals surface area contributed by atoms with Crippen LogP contribution in [0.15, 0.2) is 72.8 Å². The Morgan fingerprint density at radius 2 is 1.50 bits per heavy atom. The van der Waals surface area contributed by atoms with Crippen LogP contribution in [0.25, 0.3) is 0 Å². The molecule has 36 heavy (non-hydrogen) atoms. The number of urea groups is 1. The maximum atomic E-state index is 13.8. The van der Waals surface area contributed by atoms with Crippen molar-refractivity contribution in [2.24, 2.45) is 0 Å². The van der Waals surface area contributed by atoms with E-state index >= 15 is 0 Å². The van der Waals surface area contributed by atoms with Gasteiger partial charge in [-0.05, 0) is 61.0 Å². The topological polar surface area (TPSA) is 42.0 Å². The van der Waals surface area contributed by atoms with Crippen LogP contribution in [0.5, 0.6) is 5.75 Å². The van der Waals surface area contributed by atoms with Crippen molar-refractivity contribution in [2.75, 3.05) is 23.5 Å². The number of halogens is 4. The summed E-state index contributed by atoms with van der Waals surface area (Å²) in [4.78, 5) is 17.0. The fraction of sp³-hybridized carbons (Fsp3) is 0.296. The number of methoxy groups -OCH3 is 1. The summed E-state index contributed by atoms with van der Waals surface area (Å²) in [5.74, 6) is -0.363. The van der Waals surface area contributed by atoms with Gasteiger partial charge < -0.3 is 9.47 Å². The number of carbonyl (C=O) groups is 1. The molecule has 5 nitrogen and oxygen atoms in total. The third-order valence-electron chi connectivity index (χ3n) is 5.57. The number of amides is 2. The number of nitrogens with zero attached hydrogens (tertiary/aromatic N) is 2. The largest absolute Gasteiger partial charge is 0.573 e. The van der Waals surface area contributed by atoms with Gasteiger partial charge in [-0.1, -0.05) is 55.3 Å². The number of rotatable bonds is 6. The van der Waals surface area contributed by atoms with Gasteiger partial charge in [0, 0.05) is 23.5 Å². The Labute approximate surface area is 214 Å². The number of hydrogen-bond acceptors (Lipinski definition) is 3. The number of carbonyl (C=O) groups excluding carboxylic acids is 1. The van der Waals surface area contributed by atoms with Crippen molar-refractivity contribution in [1.82, 2.24) is 0 Å². The molecule has 192 valence electrons. The normalized spacial score (nSPS) is 17.6. The first-order valence-corrected chi connectivity index (χ1v) is 11.8. The molecule has 9 heteroatoms. The van der Waals surface area contributed by atoms with Crippen LogP contribution in [0.4, 0.5) is 29.3 Å². The molecule has 4 rings (SSSR count). The quantitative estimate of drug-likeness (QED) is 0.333. The molecule has 2 amide bonds. The molecule has 0 aromatic heterocycles. The van der Waals surface area contributed by atoms with Gasteiger partial charge in [0.15, 0.2) is 0 Å². The van der Waals surface area contributed by atoms with Crippen molar-refractivity contribution >= 4 is 29.0 Å². The first kappa shape index (κ1) is 27.4. The molecule has 0 saturated carbocycles. The summed E-state index contributed by atoms with van der Waals surface area (Å²) in [6.45, 7) is 6.09. The highest BCUT2D eigenvalue weighted by Gasteiger charge is 2.48. The van der Waals surface area contributed by atoms with Crippen molar-refractivity contribution in [3.05, 3.63) is 88.9 Å². The third kappa shape index (κ3) is 6.12. The van der Waals surface area contributed by atoms with Crippen molar-refractivity contribution < 1.29 is 27.4 Å². The van der Waals surface area contributed by atoms with Crippen LogP contribution < -0.4 is 14.5 Å². The molecular weight excluding hydrogens is 493 g/mol. The van der Waals surface area contributed by atoms with Crippen LogP contribution in [0, 0.1) is 6.92 Å². The summed E-state index contributed by atoms with van der Waals surface area (Å²) >= 11 is 6.05. The highest BCUT2D eigenvalue weighted by molar-refractivity contribution is 6.30. The summed E-state index contributed by atoms with van der Waals surface area (Å²) in [5.41, 5.74) is 2.71. The standard InChI is InChI=1S/C25H22ClF3N2O3.C2H6/c1-16-6-10-19(11-7-16)30-22(15-33-2)23(17-4-3-5-21(14-17)34-25(27,28)29)31(24(30)32)20-12-8-18(26)9-13-20;1-2/h3-14,22-23H,15H2,1-2H3;1-2H3. The number of ether oxygens (including phenoxy) is 2. The molecule has 1 heterocycles. The van der Waals surface area contributed by atoms with Gasteiger partial charge >= 0.3 is 12.4 Å². The third-order valence-corrected chi connectivity index (χ3v) is 5.83. The maximum Gasteiger partial charge on any atom is 0.573 e. The summed E-state index contributed by atoms with van der Waals surface area (Å²) in [7, 11) is 1.52. The minimum Gasteiger partial charge on any atom is -0.406 e. The summed E-state index contributed by atoms with van der Waals surface area (Å²) in [5, 5.41) is 0.497. The molecule has 1 saturated heterocycles. The van der Waals surface area contributed by atoms with E-state index in [9.17, 15) is 18.0 Å². The number of hydrogen-bond donors (Lipinski definition) is 0. The number of aryl methyl sites for hydroxylation is 1. The molecule has 1 fully saturated rings. The van der Waals surface area contributed by atoms with Crippen molar-refractivity contribution in [1.29, 1.82) is 0 Å². The lowest BCUT2D eigenvalue weighted by Gasteiger charge is -2.28. The lowest BCUT2D eigenvalue weighted by molar-refractivity contribution is -0.274. The van der Waals surface area contributed by atoms with Gasteiger partial charge in [-0.15, -0.1) is 13.2 Å². The van der Waals surface area contributed by atoms with Crippen LogP contribution in [0.3, 0.4) is 0 Å². The molecule has 1 aliphatic heterocycles. The fourth-order valence-corrected chi connectivity index (χ4v) is 4.30. The minimum absolute atomic E-state index is 0.152. The number of anilines is 2. The highest BCUT2D eigenvalue weighted by atomic mass is 35.5. The smallest absolute Gasteiger partial charge is 0.406 e. The van der Waals surface area contributed by atoms with Crippen LogP contribution >= 0.6 is 11.6 Å². The van der Waals surface area contributed by atoms with E-state index in [1.807, 2.05) is 45.0 Å². The fourth-order valence-electron chi connectivity index (χ4n) is 4.17. The Morgan fingerprint density at radius 3 is 2.08 bits per heavy atom. The SMILES string of the molecule is CC.COCC1C(c2cccc(OC(F)(F)F)c2)N(c2ccc(Cl)cc2)C(=O)N1c1ccc(C)cc1. The minimum atomic E-state index is -4.83. The summed E-state index contributed by atoms with van der Waals surface area (Å²) in [6, 6.07) is 18.3. The van der Waals surface area contributed by atoms with Gasteiger partial charge in [0.1, 0.15) is 5.75 Å². The van der Waals surface area contributed by atoms with E-state index in [1.54, 1.807) is 40.1 Å². The average molecular weight is 521 g/mol. The zero-order valence-corrected chi connectivity index (χ0v) is 21.2. The molecule has 0 aliphatic carbocycles. The van der Waals surface area contributed by atoms with E-state index in [-0.39, 0.29) is 18.4 Å². The van der Waals surface area contributed by atoms with E-state index in [1.165, 1.54) is 25.3 Å². The Hall–Kier alpha value is -3.23. The van der Waals surface area contributed by atoms with E-state index < -0.39 is 18.4 Å². The van der Waals surface area contributed by atoms with Crippen LogP contribution in [-0.4, -0.2) is 32.2 Å². The molecule has 0 bridgehead atoms. The van der Waals surface area contributed by atoms with E-state index in [0.29, 0.717) is 22.0 Å². The second kappa shape index (κ2) is 11.7. The predicted molar refractivity (Wildman–Crippen MR) is 136 cm³/mol. The molecule has 3 aromatic carbocycles. The van der Waals surface area contributed by atoms with Crippen LogP contribution in [0.1, 0.15) is 31.0 Å². The Bertz CT molecular complexity index is 1150. The van der Waals surface area contributed by atoms with E-state index in [0.717, 1.165) is 5.56 Å². The summed E-state index contributed by atoms with van der Waals surface area (Å²) < 4.78 is 48.2. The first-order chi connectivity index (χ1) is 17.2. The molecule has 1 aliphatic rings. The number of benzene rings is 3. The van der Waals surface area contributed by atoms with Crippen LogP contribution in [0.2, 0.25) is 5.02 Å². The summed E-state index contributed by atoms with van der Waals surface area (Å²) in [6.07, 6.45) is -4.83. The van der Waals surface area contributed by atoms with Crippen molar-refractivity contribution in [3.8, 4) is 5.75 Å². The van der Waals surface area contributed by atoms with E-state index in [2.05, 4.69) is 4.74 Å². The second-order valence-electron chi connectivity index (χ2n) is 7.92. The molecule has 0 N–H and O–H groups in total. The monoisotopic (exact) mass is 520 g/mol. The Balaban J connectivity index is 0.00000176. The van der Waals surface area contributed by atoms with Crippen LogP contribution in [-0.2, 0) is 4.74 Å². The van der Waals surface area contributed by atoms with Gasteiger partial charge in [0.2, 0.25) is 0 Å². The number of alkyl halides is 3. The Kier molecular flexibility index (Phi) is 8.87. The van der Waals surface area contributed by atoms with Crippen molar-refractivity contribution in [2.45, 2.75) is 39.2 Å². The van der Waals surface area contributed by atoms with E-state index in [4.69, 9.17) is 16.3 Å². The van der Waals surface area contributed by atoms with Gasteiger partial charge in [-0.2, -0.15) is 0 Å². The molecule has 3 aromatic rings. The molecule has 0 radical (unpaired) electrons. The Morgan fingerprint density at radius 1 is 0.917 bits per heavy atom. The van der Waals surface area contributed by atoms with Gasteiger partial charge in [0.25, 0.3) is 0 Å². The van der Waals surface area contributed by atoms with Crippen molar-refractivity contribution in [3.63, 3.8) is 0 Å². The maximum absolute atomic E-state index is 13.8. The molecular formula is C27H28ClF3N2O3. The second-order valence-corrected chi connectivity index (χ2v) is 8.36. The molecule has 0 spiro atoms. The highest BCUT2D eigenvalue weighted by Crippen LogP contribution is 2.42. The van der Waals surface area contributed by atoms with Gasteiger partial charge in [-0.25, -0.2) is 4.79 Å². The lowest BCUT2D eigenvalue weighted by atomic mass is 9.98. The predicted octanol–water partition coefficient (Wildman–Crippen LogP) is 7.78. The zero-order chi connectivity index (χ0) is 26.5. The zero-order valence-electron chi connectivity index (χ0n) is 20.4.